The number of halogens is 1. The highest BCUT2D eigenvalue weighted by Gasteiger charge is 2.25. The van der Waals surface area contributed by atoms with Crippen LogP contribution < -0.4 is 4.90 Å². The number of rotatable bonds is 3. The second-order valence-electron chi connectivity index (χ2n) is 4.87. The lowest BCUT2D eigenvalue weighted by molar-refractivity contribution is 0.575. The van der Waals surface area contributed by atoms with Crippen molar-refractivity contribution in [1.29, 1.82) is 0 Å². The molecule has 0 bridgehead atoms. The van der Waals surface area contributed by atoms with Crippen LogP contribution in [0.3, 0.4) is 0 Å². The fourth-order valence-electron chi connectivity index (χ4n) is 2.65. The molecule has 3 nitrogen and oxygen atoms in total. The molecule has 0 amide bonds. The molecule has 1 unspecified atom stereocenters. The molecule has 5 heteroatoms. The van der Waals surface area contributed by atoms with Crippen molar-refractivity contribution >= 4 is 43.3 Å². The fraction of sp³-hybridized carbons (Fsp3) is 0.538. The summed E-state index contributed by atoms with van der Waals surface area (Å²) in [6, 6.07) is 0. The Morgan fingerprint density at radius 1 is 1.50 bits per heavy atom. The molecule has 2 aromatic heterocycles. The van der Waals surface area contributed by atoms with Crippen LogP contribution in [0.1, 0.15) is 18.4 Å². The average Bonchev–Trinajstić information content (AvgIpc) is 2.98. The zero-order chi connectivity index (χ0) is 12.5. The highest BCUT2D eigenvalue weighted by molar-refractivity contribution is 9.09. The number of hydrogen-bond donors (Lipinski definition) is 0. The molecule has 96 valence electrons. The maximum atomic E-state index is 4.53. The van der Waals surface area contributed by atoms with Gasteiger partial charge in [0.25, 0.3) is 0 Å². The van der Waals surface area contributed by atoms with Crippen LogP contribution in [-0.4, -0.2) is 28.4 Å². The summed E-state index contributed by atoms with van der Waals surface area (Å²) >= 11 is 5.25. The van der Waals surface area contributed by atoms with E-state index in [9.17, 15) is 0 Å². The van der Waals surface area contributed by atoms with Crippen molar-refractivity contribution in [3.8, 4) is 0 Å². The summed E-state index contributed by atoms with van der Waals surface area (Å²) in [7, 11) is 0. The van der Waals surface area contributed by atoms with E-state index in [4.69, 9.17) is 0 Å². The Labute approximate surface area is 119 Å². The topological polar surface area (TPSA) is 29.0 Å². The van der Waals surface area contributed by atoms with Gasteiger partial charge < -0.3 is 4.90 Å². The Bertz CT molecular complexity index is 554. The second kappa shape index (κ2) is 5.13. The van der Waals surface area contributed by atoms with Gasteiger partial charge in [0, 0.05) is 18.4 Å². The molecule has 1 saturated heterocycles. The Morgan fingerprint density at radius 2 is 2.39 bits per heavy atom. The lowest BCUT2D eigenvalue weighted by Crippen LogP contribution is -2.21. The molecule has 0 saturated carbocycles. The van der Waals surface area contributed by atoms with Crippen LogP contribution >= 0.6 is 27.3 Å². The zero-order valence-corrected chi connectivity index (χ0v) is 12.8. The normalized spacial score (nSPS) is 19.9. The highest BCUT2D eigenvalue weighted by Crippen LogP contribution is 2.33. The number of thiophene rings is 1. The van der Waals surface area contributed by atoms with Crippen molar-refractivity contribution in [1.82, 2.24) is 9.97 Å². The van der Waals surface area contributed by atoms with Crippen molar-refractivity contribution in [2.45, 2.75) is 19.8 Å². The summed E-state index contributed by atoms with van der Waals surface area (Å²) in [5.74, 6) is 1.93. The number of hydrogen-bond acceptors (Lipinski definition) is 4. The van der Waals surface area contributed by atoms with E-state index in [0.29, 0.717) is 0 Å². The first-order valence-corrected chi connectivity index (χ1v) is 8.29. The highest BCUT2D eigenvalue weighted by atomic mass is 79.9. The predicted octanol–water partition coefficient (Wildman–Crippen LogP) is 3.61. The third-order valence-corrected chi connectivity index (χ3v) is 5.10. The van der Waals surface area contributed by atoms with Gasteiger partial charge >= 0.3 is 0 Å². The number of alkyl halides is 1. The quantitative estimate of drug-likeness (QED) is 0.807. The van der Waals surface area contributed by atoms with E-state index in [1.54, 1.807) is 17.7 Å². The molecule has 1 aliphatic heterocycles. The van der Waals surface area contributed by atoms with Crippen LogP contribution in [-0.2, 0) is 0 Å². The van der Waals surface area contributed by atoms with Gasteiger partial charge in [-0.15, -0.1) is 11.3 Å². The maximum absolute atomic E-state index is 4.53. The van der Waals surface area contributed by atoms with E-state index in [1.165, 1.54) is 23.8 Å². The third-order valence-electron chi connectivity index (χ3n) is 3.64. The SMILES string of the molecule is Cc1csc2ncnc(N3CCC(CCBr)C3)c12. The average molecular weight is 326 g/mol. The van der Waals surface area contributed by atoms with E-state index in [0.717, 1.165) is 35.0 Å². The fourth-order valence-corrected chi connectivity index (χ4v) is 4.18. The predicted molar refractivity (Wildman–Crippen MR) is 80.9 cm³/mol. The maximum Gasteiger partial charge on any atom is 0.141 e. The summed E-state index contributed by atoms with van der Waals surface area (Å²) in [4.78, 5) is 12.4. The molecule has 18 heavy (non-hydrogen) atoms. The summed E-state index contributed by atoms with van der Waals surface area (Å²) in [6.07, 6.45) is 4.24. The lowest BCUT2D eigenvalue weighted by atomic mass is 10.1. The minimum absolute atomic E-state index is 0.799. The van der Waals surface area contributed by atoms with Crippen molar-refractivity contribution < 1.29 is 0 Å². The van der Waals surface area contributed by atoms with Crippen molar-refractivity contribution in [2.24, 2.45) is 5.92 Å². The van der Waals surface area contributed by atoms with Gasteiger partial charge in [-0.25, -0.2) is 9.97 Å². The van der Waals surface area contributed by atoms with Crippen LogP contribution in [0.15, 0.2) is 11.7 Å². The van der Waals surface area contributed by atoms with Gasteiger partial charge in [0.1, 0.15) is 17.0 Å². The summed E-state index contributed by atoms with van der Waals surface area (Å²) in [5.41, 5.74) is 1.30. The smallest absolute Gasteiger partial charge is 0.141 e. The molecular weight excluding hydrogens is 310 g/mol. The number of anilines is 1. The van der Waals surface area contributed by atoms with Crippen LogP contribution in [0, 0.1) is 12.8 Å². The molecule has 2 aromatic rings. The first-order valence-electron chi connectivity index (χ1n) is 6.29. The zero-order valence-electron chi connectivity index (χ0n) is 10.4. The number of aromatic nitrogens is 2. The molecule has 3 heterocycles. The summed E-state index contributed by atoms with van der Waals surface area (Å²) in [5, 5.41) is 4.53. The van der Waals surface area contributed by atoms with E-state index >= 15 is 0 Å². The summed E-state index contributed by atoms with van der Waals surface area (Å²) < 4.78 is 0. The van der Waals surface area contributed by atoms with E-state index < -0.39 is 0 Å². The van der Waals surface area contributed by atoms with Gasteiger partial charge in [-0.3, -0.25) is 0 Å². The van der Waals surface area contributed by atoms with Gasteiger partial charge in [-0.05, 0) is 36.6 Å². The number of fused-ring (bicyclic) bond motifs is 1. The second-order valence-corrected chi connectivity index (χ2v) is 6.53. The van der Waals surface area contributed by atoms with Crippen molar-refractivity contribution in [2.75, 3.05) is 23.3 Å². The van der Waals surface area contributed by atoms with Crippen LogP contribution in [0.25, 0.3) is 10.2 Å². The molecule has 0 radical (unpaired) electrons. The van der Waals surface area contributed by atoms with Crippen LogP contribution in [0.5, 0.6) is 0 Å². The molecule has 1 fully saturated rings. The van der Waals surface area contributed by atoms with Gasteiger partial charge in [-0.1, -0.05) is 15.9 Å². The first-order chi connectivity index (χ1) is 8.79. The van der Waals surface area contributed by atoms with Crippen molar-refractivity contribution in [3.05, 3.63) is 17.3 Å². The Hall–Kier alpha value is -0.680. The number of nitrogens with zero attached hydrogens (tertiary/aromatic N) is 3. The molecule has 1 aliphatic rings. The first kappa shape index (κ1) is 12.4. The Morgan fingerprint density at radius 3 is 3.22 bits per heavy atom. The van der Waals surface area contributed by atoms with E-state index in [2.05, 4.69) is 43.1 Å². The van der Waals surface area contributed by atoms with Crippen LogP contribution in [0.2, 0.25) is 0 Å². The molecule has 0 aliphatic carbocycles. The molecule has 0 spiro atoms. The van der Waals surface area contributed by atoms with E-state index in [1.807, 2.05) is 0 Å². The monoisotopic (exact) mass is 325 g/mol. The lowest BCUT2D eigenvalue weighted by Gasteiger charge is -2.18. The third kappa shape index (κ3) is 2.14. The van der Waals surface area contributed by atoms with Gasteiger partial charge in [-0.2, -0.15) is 0 Å². The number of aryl methyl sites for hydroxylation is 1. The Balaban J connectivity index is 1.93. The van der Waals surface area contributed by atoms with Gasteiger partial charge in [0.15, 0.2) is 0 Å². The van der Waals surface area contributed by atoms with E-state index in [-0.39, 0.29) is 0 Å². The molecule has 0 aromatic carbocycles. The Kier molecular flexibility index (Phi) is 3.52. The minimum atomic E-state index is 0.799. The molecule has 0 N–H and O–H groups in total. The van der Waals surface area contributed by atoms with Crippen molar-refractivity contribution in [3.63, 3.8) is 0 Å². The largest absolute Gasteiger partial charge is 0.356 e. The van der Waals surface area contributed by atoms with Gasteiger partial charge in [0.05, 0.1) is 5.39 Å². The molecule has 3 rings (SSSR count). The summed E-state index contributed by atoms with van der Waals surface area (Å²) in [6.45, 7) is 4.41. The molecule has 1 atom stereocenters. The minimum Gasteiger partial charge on any atom is -0.356 e. The molecular formula is C13H16BrN3S. The van der Waals surface area contributed by atoms with Crippen LogP contribution in [0.4, 0.5) is 5.82 Å². The standard InChI is InChI=1S/C13H16BrN3S/c1-9-7-18-13-11(9)12(15-8-16-13)17-5-3-10(6-17)2-4-14/h7-8,10H,2-6H2,1H3. The van der Waals surface area contributed by atoms with Gasteiger partial charge in [0.2, 0.25) is 0 Å².